The number of para-hydroxylation sites is 1. The van der Waals surface area contributed by atoms with Gasteiger partial charge in [-0.1, -0.05) is 18.2 Å². The number of aryl methyl sites for hydroxylation is 1. The summed E-state index contributed by atoms with van der Waals surface area (Å²) >= 11 is 0. The summed E-state index contributed by atoms with van der Waals surface area (Å²) in [6.07, 6.45) is 2.66. The zero-order valence-corrected chi connectivity index (χ0v) is 14.8. The molecule has 1 aliphatic rings. The van der Waals surface area contributed by atoms with Gasteiger partial charge in [-0.2, -0.15) is 10.4 Å². The summed E-state index contributed by atoms with van der Waals surface area (Å²) in [5.41, 5.74) is 4.71. The number of hydrogen-bond donors (Lipinski definition) is 1. The lowest BCUT2D eigenvalue weighted by Crippen LogP contribution is -2.15. The normalized spacial score (nSPS) is 12.5. The van der Waals surface area contributed by atoms with E-state index < -0.39 is 5.82 Å². The molecule has 1 heterocycles. The number of benzene rings is 2. The third-order valence-corrected chi connectivity index (χ3v) is 4.83. The van der Waals surface area contributed by atoms with Gasteiger partial charge in [0.25, 0.3) is 5.91 Å². The number of anilines is 1. The first-order chi connectivity index (χ1) is 13.1. The molecule has 1 amide bonds. The summed E-state index contributed by atoms with van der Waals surface area (Å²) in [5, 5.41) is 16.3. The average molecular weight is 360 g/mol. The summed E-state index contributed by atoms with van der Waals surface area (Å²) < 4.78 is 15.3. The number of fused-ring (bicyclic) bond motifs is 1. The number of rotatable bonds is 3. The van der Waals surface area contributed by atoms with E-state index in [-0.39, 0.29) is 11.5 Å². The third-order valence-electron chi connectivity index (χ3n) is 4.83. The van der Waals surface area contributed by atoms with Gasteiger partial charge in [-0.15, -0.1) is 0 Å². The molecule has 134 valence electrons. The van der Waals surface area contributed by atoms with Crippen molar-refractivity contribution in [3.63, 3.8) is 0 Å². The molecule has 27 heavy (non-hydrogen) atoms. The van der Waals surface area contributed by atoms with Gasteiger partial charge in [0, 0.05) is 16.9 Å². The van der Waals surface area contributed by atoms with Crippen molar-refractivity contribution >= 4 is 11.6 Å². The number of nitrogens with zero attached hydrogens (tertiary/aromatic N) is 3. The number of aromatic nitrogens is 2. The van der Waals surface area contributed by atoms with E-state index in [1.807, 2.05) is 35.9 Å². The van der Waals surface area contributed by atoms with Crippen LogP contribution in [0.15, 0.2) is 42.5 Å². The molecule has 2 aromatic carbocycles. The average Bonchev–Trinajstić information content (AvgIpc) is 3.26. The summed E-state index contributed by atoms with van der Waals surface area (Å²) in [4.78, 5) is 12.8. The van der Waals surface area contributed by atoms with Crippen LogP contribution in [0.5, 0.6) is 0 Å². The fraction of sp³-hybridized carbons (Fsp3) is 0.190. The second kappa shape index (κ2) is 6.69. The highest BCUT2D eigenvalue weighted by Gasteiger charge is 2.27. The number of nitriles is 1. The van der Waals surface area contributed by atoms with Gasteiger partial charge in [0.1, 0.15) is 11.9 Å². The molecular formula is C21H17FN4O. The van der Waals surface area contributed by atoms with Crippen molar-refractivity contribution in [1.82, 2.24) is 9.78 Å². The van der Waals surface area contributed by atoms with Gasteiger partial charge in [0.2, 0.25) is 0 Å². The molecule has 0 atom stereocenters. The second-order valence-corrected chi connectivity index (χ2v) is 6.59. The lowest BCUT2D eigenvalue weighted by atomic mass is 10.1. The van der Waals surface area contributed by atoms with Gasteiger partial charge in [0.05, 0.1) is 11.3 Å². The predicted octanol–water partition coefficient (Wildman–Crippen LogP) is 3.93. The van der Waals surface area contributed by atoms with Crippen LogP contribution in [-0.2, 0) is 12.8 Å². The molecule has 1 aromatic heterocycles. The van der Waals surface area contributed by atoms with Crippen LogP contribution in [0, 0.1) is 24.1 Å². The van der Waals surface area contributed by atoms with Crippen molar-refractivity contribution in [3.8, 4) is 11.8 Å². The Kier molecular flexibility index (Phi) is 4.21. The molecule has 0 spiro atoms. The molecule has 0 bridgehead atoms. The minimum Gasteiger partial charge on any atom is -0.321 e. The molecule has 0 saturated heterocycles. The number of hydrogen-bond acceptors (Lipinski definition) is 3. The molecular weight excluding hydrogens is 343 g/mol. The van der Waals surface area contributed by atoms with Crippen LogP contribution >= 0.6 is 0 Å². The largest absolute Gasteiger partial charge is 0.321 e. The first kappa shape index (κ1) is 17.0. The molecule has 6 heteroatoms. The monoisotopic (exact) mass is 360 g/mol. The van der Waals surface area contributed by atoms with E-state index in [9.17, 15) is 9.18 Å². The zero-order chi connectivity index (χ0) is 19.0. The molecule has 5 nitrogen and oxygen atoms in total. The molecule has 1 aliphatic carbocycles. The minimum atomic E-state index is -0.611. The first-order valence-corrected chi connectivity index (χ1v) is 8.76. The van der Waals surface area contributed by atoms with Gasteiger partial charge in [-0.05, 0) is 56.0 Å². The number of amides is 1. The first-order valence-electron chi connectivity index (χ1n) is 8.76. The van der Waals surface area contributed by atoms with Crippen molar-refractivity contribution in [2.24, 2.45) is 0 Å². The number of carbonyl (C=O) groups is 1. The Morgan fingerprint density at radius 3 is 2.85 bits per heavy atom. The maximum Gasteiger partial charge on any atom is 0.276 e. The summed E-state index contributed by atoms with van der Waals surface area (Å²) in [6, 6.07) is 13.6. The van der Waals surface area contributed by atoms with Crippen LogP contribution in [0.3, 0.4) is 0 Å². The van der Waals surface area contributed by atoms with Crippen molar-refractivity contribution < 1.29 is 9.18 Å². The SMILES string of the molecule is Cc1ccccc1-n1nc(C(=O)Nc2ccc(F)c(C#N)c2)c2c1CCC2. The maximum absolute atomic E-state index is 13.5. The Morgan fingerprint density at radius 1 is 1.26 bits per heavy atom. The highest BCUT2D eigenvalue weighted by molar-refractivity contribution is 6.04. The topological polar surface area (TPSA) is 70.7 Å². The van der Waals surface area contributed by atoms with Crippen LogP contribution in [0.25, 0.3) is 5.69 Å². The highest BCUT2D eigenvalue weighted by Crippen LogP contribution is 2.29. The van der Waals surface area contributed by atoms with Crippen LogP contribution < -0.4 is 5.32 Å². The summed E-state index contributed by atoms with van der Waals surface area (Å²) in [6.45, 7) is 2.01. The summed E-state index contributed by atoms with van der Waals surface area (Å²) in [7, 11) is 0. The van der Waals surface area contributed by atoms with E-state index in [1.54, 1.807) is 6.07 Å². The standard InChI is InChI=1S/C21H17FN4O/c1-13-5-2-3-7-18(13)26-19-8-4-6-16(19)20(25-26)21(27)24-15-9-10-17(22)14(11-15)12-23/h2-3,5,7,9-11H,4,6,8H2,1H3,(H,24,27). The molecule has 3 aromatic rings. The van der Waals surface area contributed by atoms with Gasteiger partial charge < -0.3 is 5.32 Å². The van der Waals surface area contributed by atoms with Crippen LogP contribution in [0.1, 0.15) is 39.3 Å². The van der Waals surface area contributed by atoms with E-state index in [2.05, 4.69) is 10.4 Å². The van der Waals surface area contributed by atoms with Crippen molar-refractivity contribution in [2.75, 3.05) is 5.32 Å². The quantitative estimate of drug-likeness (QED) is 0.769. The predicted molar refractivity (Wildman–Crippen MR) is 99.4 cm³/mol. The van der Waals surface area contributed by atoms with Gasteiger partial charge in [-0.3, -0.25) is 4.79 Å². The van der Waals surface area contributed by atoms with Gasteiger partial charge in [0.15, 0.2) is 5.69 Å². The smallest absolute Gasteiger partial charge is 0.276 e. The summed E-state index contributed by atoms with van der Waals surface area (Å²) in [5.74, 6) is -0.962. The zero-order valence-electron chi connectivity index (χ0n) is 14.8. The third kappa shape index (κ3) is 2.97. The number of nitrogens with one attached hydrogen (secondary N) is 1. The van der Waals surface area contributed by atoms with Crippen LogP contribution in [-0.4, -0.2) is 15.7 Å². The van der Waals surface area contributed by atoms with E-state index in [0.29, 0.717) is 11.4 Å². The molecule has 0 aliphatic heterocycles. The maximum atomic E-state index is 13.5. The fourth-order valence-electron chi connectivity index (χ4n) is 3.50. The molecule has 0 unspecified atom stereocenters. The molecule has 0 radical (unpaired) electrons. The van der Waals surface area contributed by atoms with Gasteiger partial charge >= 0.3 is 0 Å². The molecule has 1 N–H and O–H groups in total. The van der Waals surface area contributed by atoms with Crippen molar-refractivity contribution in [1.29, 1.82) is 5.26 Å². The highest BCUT2D eigenvalue weighted by atomic mass is 19.1. The lowest BCUT2D eigenvalue weighted by Gasteiger charge is -2.08. The molecule has 0 saturated carbocycles. The van der Waals surface area contributed by atoms with E-state index in [0.717, 1.165) is 41.8 Å². The van der Waals surface area contributed by atoms with Crippen LogP contribution in [0.4, 0.5) is 10.1 Å². The fourth-order valence-corrected chi connectivity index (χ4v) is 3.50. The lowest BCUT2D eigenvalue weighted by molar-refractivity contribution is 0.102. The van der Waals surface area contributed by atoms with E-state index in [4.69, 9.17) is 5.26 Å². The number of halogens is 1. The minimum absolute atomic E-state index is 0.108. The van der Waals surface area contributed by atoms with Crippen molar-refractivity contribution in [3.05, 3.63) is 76.4 Å². The van der Waals surface area contributed by atoms with E-state index >= 15 is 0 Å². The molecule has 4 rings (SSSR count). The Balaban J connectivity index is 1.71. The van der Waals surface area contributed by atoms with Crippen LogP contribution in [0.2, 0.25) is 0 Å². The number of carbonyl (C=O) groups excluding carboxylic acids is 1. The van der Waals surface area contributed by atoms with Gasteiger partial charge in [-0.25, -0.2) is 9.07 Å². The van der Waals surface area contributed by atoms with Crippen molar-refractivity contribution in [2.45, 2.75) is 26.2 Å². The van der Waals surface area contributed by atoms with E-state index in [1.165, 1.54) is 18.2 Å². The molecule has 0 fully saturated rings. The second-order valence-electron chi connectivity index (χ2n) is 6.59. The Labute approximate surface area is 156 Å². The Bertz CT molecular complexity index is 1090. The Morgan fingerprint density at radius 2 is 2.07 bits per heavy atom. The Hall–Kier alpha value is -3.46.